The Bertz CT molecular complexity index is 666. The molecule has 0 amide bonds. The van der Waals surface area contributed by atoms with E-state index in [1.54, 1.807) is 29.6 Å². The van der Waals surface area contributed by atoms with Crippen molar-refractivity contribution in [3.05, 3.63) is 22.7 Å². The van der Waals surface area contributed by atoms with Gasteiger partial charge in [-0.05, 0) is 47.0 Å². The molecule has 0 bridgehead atoms. The average Bonchev–Trinajstić information content (AvgIpc) is 2.62. The molecule has 3 rings (SSSR count). The van der Waals surface area contributed by atoms with Gasteiger partial charge in [-0.1, -0.05) is 19.3 Å². The van der Waals surface area contributed by atoms with Gasteiger partial charge in [0.05, 0.1) is 16.5 Å². The Labute approximate surface area is 153 Å². The van der Waals surface area contributed by atoms with E-state index < -0.39 is 10.0 Å². The highest BCUT2D eigenvalue weighted by Gasteiger charge is 2.31. The zero-order valence-electron chi connectivity index (χ0n) is 14.1. The molecule has 0 atom stereocenters. The van der Waals surface area contributed by atoms with Crippen molar-refractivity contribution in [2.75, 3.05) is 33.3 Å². The van der Waals surface area contributed by atoms with Gasteiger partial charge in [-0.2, -0.15) is 4.31 Å². The van der Waals surface area contributed by atoms with Gasteiger partial charge in [0.1, 0.15) is 5.75 Å². The van der Waals surface area contributed by atoms with E-state index in [2.05, 4.69) is 20.8 Å². The van der Waals surface area contributed by atoms with Gasteiger partial charge in [-0.3, -0.25) is 4.90 Å². The molecule has 7 heteroatoms. The summed E-state index contributed by atoms with van der Waals surface area (Å²) in [5.74, 6) is 0.635. The first-order valence-corrected chi connectivity index (χ1v) is 10.8. The molecule has 1 aliphatic heterocycles. The Morgan fingerprint density at radius 1 is 1.08 bits per heavy atom. The molecule has 0 N–H and O–H groups in total. The van der Waals surface area contributed by atoms with E-state index in [-0.39, 0.29) is 0 Å². The lowest BCUT2D eigenvalue weighted by molar-refractivity contribution is 0.111. The number of sulfonamides is 1. The molecule has 0 unspecified atom stereocenters. The van der Waals surface area contributed by atoms with Crippen molar-refractivity contribution in [3.8, 4) is 5.75 Å². The second kappa shape index (κ2) is 7.72. The third-order valence-corrected chi connectivity index (χ3v) is 7.64. The lowest BCUT2D eigenvalue weighted by Gasteiger charge is -2.40. The molecule has 5 nitrogen and oxygen atoms in total. The summed E-state index contributed by atoms with van der Waals surface area (Å²) in [5, 5.41) is 0. The van der Waals surface area contributed by atoms with Crippen molar-refractivity contribution in [2.24, 2.45) is 0 Å². The van der Waals surface area contributed by atoms with Crippen LogP contribution in [0.5, 0.6) is 5.75 Å². The van der Waals surface area contributed by atoms with Gasteiger partial charge >= 0.3 is 0 Å². The number of hydrogen-bond donors (Lipinski definition) is 0. The van der Waals surface area contributed by atoms with Crippen LogP contribution >= 0.6 is 15.9 Å². The van der Waals surface area contributed by atoms with Crippen LogP contribution < -0.4 is 4.74 Å². The molecule has 1 aliphatic carbocycles. The van der Waals surface area contributed by atoms with Crippen LogP contribution in [0.25, 0.3) is 0 Å². The van der Waals surface area contributed by atoms with Gasteiger partial charge < -0.3 is 4.74 Å². The molecule has 2 aliphatic rings. The minimum absolute atomic E-state index is 0.321. The van der Waals surface area contributed by atoms with Crippen molar-refractivity contribution in [2.45, 2.75) is 43.0 Å². The van der Waals surface area contributed by atoms with Crippen LogP contribution in [0.2, 0.25) is 0 Å². The highest BCUT2D eigenvalue weighted by atomic mass is 79.9. The molecule has 2 fully saturated rings. The third kappa shape index (κ3) is 3.79. The maximum atomic E-state index is 12.9. The van der Waals surface area contributed by atoms with Crippen LogP contribution in [0.4, 0.5) is 0 Å². The average molecular weight is 417 g/mol. The normalized spacial score (nSPS) is 21.8. The number of hydrogen-bond acceptors (Lipinski definition) is 4. The van der Waals surface area contributed by atoms with E-state index >= 15 is 0 Å². The van der Waals surface area contributed by atoms with Gasteiger partial charge in [-0.15, -0.1) is 0 Å². The Kier molecular flexibility index (Phi) is 5.85. The van der Waals surface area contributed by atoms with Crippen LogP contribution in [-0.4, -0.2) is 57.0 Å². The molecule has 0 aromatic heterocycles. The fourth-order valence-corrected chi connectivity index (χ4v) is 5.85. The monoisotopic (exact) mass is 416 g/mol. The van der Waals surface area contributed by atoms with E-state index in [9.17, 15) is 8.42 Å². The number of rotatable bonds is 4. The predicted molar refractivity (Wildman–Crippen MR) is 97.9 cm³/mol. The SMILES string of the molecule is COc1ccc(S(=O)(=O)N2CCN(C3CCCCC3)CC2)cc1Br. The minimum atomic E-state index is -3.44. The van der Waals surface area contributed by atoms with E-state index in [0.29, 0.717) is 34.2 Å². The highest BCUT2D eigenvalue weighted by Crippen LogP contribution is 2.30. The van der Waals surface area contributed by atoms with Gasteiger partial charge in [0.2, 0.25) is 10.0 Å². The molecular weight excluding hydrogens is 392 g/mol. The summed E-state index contributed by atoms with van der Waals surface area (Å²) in [4.78, 5) is 2.80. The van der Waals surface area contributed by atoms with Crippen molar-refractivity contribution in [1.29, 1.82) is 0 Å². The standard InChI is InChI=1S/C17H25BrN2O3S/c1-23-17-8-7-15(13-16(17)18)24(21,22)20-11-9-19(10-12-20)14-5-3-2-4-6-14/h7-8,13-14H,2-6,9-12H2,1H3. The number of benzene rings is 1. The van der Waals surface area contributed by atoms with Crippen molar-refractivity contribution in [1.82, 2.24) is 9.21 Å². The maximum absolute atomic E-state index is 12.9. The highest BCUT2D eigenvalue weighted by molar-refractivity contribution is 9.10. The predicted octanol–water partition coefficient (Wildman–Crippen LogP) is 3.10. The Hall–Kier alpha value is -0.630. The second-order valence-corrected chi connectivity index (χ2v) is 9.32. The molecule has 1 aromatic rings. The van der Waals surface area contributed by atoms with Crippen LogP contribution in [0.3, 0.4) is 0 Å². The molecule has 1 saturated heterocycles. The lowest BCUT2D eigenvalue weighted by atomic mass is 9.94. The Balaban J connectivity index is 1.67. The first-order valence-electron chi connectivity index (χ1n) is 8.60. The number of nitrogens with zero attached hydrogens (tertiary/aromatic N) is 2. The fraction of sp³-hybridized carbons (Fsp3) is 0.647. The number of piperazine rings is 1. The van der Waals surface area contributed by atoms with Gasteiger partial charge in [0.25, 0.3) is 0 Å². The number of ether oxygens (including phenoxy) is 1. The molecule has 134 valence electrons. The molecule has 0 spiro atoms. The Morgan fingerprint density at radius 3 is 2.33 bits per heavy atom. The van der Waals surface area contributed by atoms with Crippen LogP contribution in [0, 0.1) is 0 Å². The van der Waals surface area contributed by atoms with Gasteiger partial charge in [-0.25, -0.2) is 8.42 Å². The molecule has 24 heavy (non-hydrogen) atoms. The van der Waals surface area contributed by atoms with Crippen molar-refractivity contribution in [3.63, 3.8) is 0 Å². The zero-order chi connectivity index (χ0) is 17.2. The second-order valence-electron chi connectivity index (χ2n) is 6.53. The van der Waals surface area contributed by atoms with Gasteiger partial charge in [0, 0.05) is 32.2 Å². The fourth-order valence-electron chi connectivity index (χ4n) is 3.71. The summed E-state index contributed by atoms with van der Waals surface area (Å²) >= 11 is 3.37. The largest absolute Gasteiger partial charge is 0.496 e. The van der Waals surface area contributed by atoms with Crippen LogP contribution in [-0.2, 0) is 10.0 Å². The smallest absolute Gasteiger partial charge is 0.243 e. The van der Waals surface area contributed by atoms with Gasteiger partial charge in [0.15, 0.2) is 0 Å². The molecule has 0 radical (unpaired) electrons. The topological polar surface area (TPSA) is 49.9 Å². The van der Waals surface area contributed by atoms with Crippen LogP contribution in [0.15, 0.2) is 27.6 Å². The molecule has 1 aromatic carbocycles. The first-order chi connectivity index (χ1) is 11.5. The van der Waals surface area contributed by atoms with E-state index in [0.717, 1.165) is 13.1 Å². The third-order valence-electron chi connectivity index (χ3n) is 5.13. The molecule has 1 heterocycles. The first kappa shape index (κ1) is 18.2. The minimum Gasteiger partial charge on any atom is -0.496 e. The molecular formula is C17H25BrN2O3S. The Morgan fingerprint density at radius 2 is 1.75 bits per heavy atom. The summed E-state index contributed by atoms with van der Waals surface area (Å²) in [6.07, 6.45) is 6.49. The van der Waals surface area contributed by atoms with E-state index in [1.165, 1.54) is 32.1 Å². The molecule has 1 saturated carbocycles. The van der Waals surface area contributed by atoms with Crippen LogP contribution in [0.1, 0.15) is 32.1 Å². The van der Waals surface area contributed by atoms with E-state index in [1.807, 2.05) is 0 Å². The summed E-state index contributed by atoms with van der Waals surface area (Å²) < 4.78 is 33.2. The number of methoxy groups -OCH3 is 1. The summed E-state index contributed by atoms with van der Waals surface area (Å²) in [5.41, 5.74) is 0. The lowest BCUT2D eigenvalue weighted by Crippen LogP contribution is -2.52. The quantitative estimate of drug-likeness (QED) is 0.756. The maximum Gasteiger partial charge on any atom is 0.243 e. The summed E-state index contributed by atoms with van der Waals surface area (Å²) in [6.45, 7) is 2.81. The summed E-state index contributed by atoms with van der Waals surface area (Å²) in [6, 6.07) is 5.59. The van der Waals surface area contributed by atoms with E-state index in [4.69, 9.17) is 4.74 Å². The van der Waals surface area contributed by atoms with Crippen molar-refractivity contribution < 1.29 is 13.2 Å². The number of halogens is 1. The zero-order valence-corrected chi connectivity index (χ0v) is 16.5. The van der Waals surface area contributed by atoms with Crippen molar-refractivity contribution >= 4 is 26.0 Å². The summed E-state index contributed by atoms with van der Waals surface area (Å²) in [7, 11) is -1.87.